The highest BCUT2D eigenvalue weighted by atomic mass is 32.2. The zero-order valence-corrected chi connectivity index (χ0v) is 12.2. The largest absolute Gasteiger partial charge is 0.418 e. The van der Waals surface area contributed by atoms with Crippen molar-refractivity contribution in [2.45, 2.75) is 11.1 Å². The number of fused-ring (bicyclic) bond motifs is 1. The van der Waals surface area contributed by atoms with Crippen LogP contribution < -0.4 is 4.72 Å². The summed E-state index contributed by atoms with van der Waals surface area (Å²) in [7, 11) is -4.16. The normalized spacial score (nSPS) is 12.5. The molecule has 1 aromatic heterocycles. The molecule has 1 heterocycles. The Labute approximate surface area is 129 Å². The van der Waals surface area contributed by atoms with Crippen molar-refractivity contribution in [1.82, 2.24) is 10.2 Å². The molecule has 3 aromatic rings. The monoisotopic (exact) mass is 341 g/mol. The summed E-state index contributed by atoms with van der Waals surface area (Å²) in [6, 6.07) is 8.52. The molecule has 0 amide bonds. The predicted octanol–water partition coefficient (Wildman–Crippen LogP) is 3.38. The van der Waals surface area contributed by atoms with E-state index in [1.165, 1.54) is 36.5 Å². The lowest BCUT2D eigenvalue weighted by atomic mass is 10.2. The Morgan fingerprint density at radius 3 is 2.57 bits per heavy atom. The third-order valence-electron chi connectivity index (χ3n) is 3.20. The van der Waals surface area contributed by atoms with Gasteiger partial charge in [0.15, 0.2) is 0 Å². The molecule has 0 atom stereocenters. The first kappa shape index (κ1) is 15.3. The summed E-state index contributed by atoms with van der Waals surface area (Å²) in [5, 5.41) is 6.97. The number of para-hydroxylation sites is 1. The molecular weight excluding hydrogens is 331 g/mol. The zero-order chi connectivity index (χ0) is 16.7. The quantitative estimate of drug-likeness (QED) is 0.767. The van der Waals surface area contributed by atoms with Crippen LogP contribution in [0.3, 0.4) is 0 Å². The second kappa shape index (κ2) is 5.27. The lowest BCUT2D eigenvalue weighted by molar-refractivity contribution is -0.136. The molecule has 0 bridgehead atoms. The summed E-state index contributed by atoms with van der Waals surface area (Å²) < 4.78 is 65.5. The zero-order valence-electron chi connectivity index (χ0n) is 11.4. The molecule has 0 aliphatic heterocycles. The minimum atomic E-state index is -4.66. The average molecular weight is 341 g/mol. The highest BCUT2D eigenvalue weighted by Crippen LogP contribution is 2.35. The van der Waals surface area contributed by atoms with Gasteiger partial charge in [-0.2, -0.15) is 18.3 Å². The summed E-state index contributed by atoms with van der Waals surface area (Å²) in [6.07, 6.45) is -3.23. The van der Waals surface area contributed by atoms with Gasteiger partial charge in [0.2, 0.25) is 0 Å². The van der Waals surface area contributed by atoms with Gasteiger partial charge in [0.1, 0.15) is 0 Å². The van der Waals surface area contributed by atoms with E-state index in [0.29, 0.717) is 10.9 Å². The second-order valence-electron chi connectivity index (χ2n) is 4.77. The van der Waals surface area contributed by atoms with Gasteiger partial charge in [-0.05, 0) is 30.3 Å². The highest BCUT2D eigenvalue weighted by Gasteiger charge is 2.34. The molecule has 9 heteroatoms. The maximum atomic E-state index is 12.9. The van der Waals surface area contributed by atoms with E-state index < -0.39 is 27.5 Å². The van der Waals surface area contributed by atoms with Crippen LogP contribution >= 0.6 is 0 Å². The van der Waals surface area contributed by atoms with Gasteiger partial charge in [-0.25, -0.2) is 8.42 Å². The van der Waals surface area contributed by atoms with E-state index >= 15 is 0 Å². The van der Waals surface area contributed by atoms with Crippen LogP contribution in [0.4, 0.5) is 18.9 Å². The number of nitrogens with one attached hydrogen (secondary N) is 2. The first-order valence-electron chi connectivity index (χ1n) is 6.39. The van der Waals surface area contributed by atoms with Gasteiger partial charge in [0, 0.05) is 5.39 Å². The number of benzene rings is 2. The number of alkyl halides is 3. The molecule has 5 nitrogen and oxygen atoms in total. The molecule has 0 fully saturated rings. The van der Waals surface area contributed by atoms with Crippen LogP contribution in [0.1, 0.15) is 5.56 Å². The number of halogens is 3. The molecule has 2 aromatic carbocycles. The Bertz CT molecular complexity index is 965. The van der Waals surface area contributed by atoms with Crippen LogP contribution in [0.5, 0.6) is 0 Å². The van der Waals surface area contributed by atoms with Crippen LogP contribution in [0.25, 0.3) is 10.9 Å². The average Bonchev–Trinajstić information content (AvgIpc) is 2.93. The fraction of sp³-hybridized carbons (Fsp3) is 0.0714. The Morgan fingerprint density at radius 1 is 1.09 bits per heavy atom. The molecule has 0 aliphatic carbocycles. The second-order valence-corrected chi connectivity index (χ2v) is 6.45. The topological polar surface area (TPSA) is 74.8 Å². The van der Waals surface area contributed by atoms with E-state index in [2.05, 4.69) is 10.2 Å². The van der Waals surface area contributed by atoms with Crippen molar-refractivity contribution in [2.24, 2.45) is 0 Å². The van der Waals surface area contributed by atoms with E-state index in [0.717, 1.165) is 12.1 Å². The number of hydrogen-bond donors (Lipinski definition) is 2. The van der Waals surface area contributed by atoms with Gasteiger partial charge < -0.3 is 0 Å². The van der Waals surface area contributed by atoms with Crippen LogP contribution in [0, 0.1) is 0 Å². The maximum Gasteiger partial charge on any atom is 0.418 e. The van der Waals surface area contributed by atoms with Crippen molar-refractivity contribution < 1.29 is 21.6 Å². The number of sulfonamides is 1. The van der Waals surface area contributed by atoms with Gasteiger partial charge in [0.05, 0.1) is 27.9 Å². The number of hydrogen-bond acceptors (Lipinski definition) is 3. The van der Waals surface area contributed by atoms with E-state index in [9.17, 15) is 21.6 Å². The lowest BCUT2D eigenvalue weighted by Crippen LogP contribution is -2.17. The highest BCUT2D eigenvalue weighted by molar-refractivity contribution is 7.92. The van der Waals surface area contributed by atoms with E-state index in [1.807, 2.05) is 4.72 Å². The molecule has 120 valence electrons. The molecule has 0 radical (unpaired) electrons. The fourth-order valence-corrected chi connectivity index (χ4v) is 3.23. The van der Waals surface area contributed by atoms with Crippen LogP contribution in [-0.2, 0) is 16.2 Å². The summed E-state index contributed by atoms with van der Waals surface area (Å²) in [4.78, 5) is -0.150. The maximum absolute atomic E-state index is 12.9. The van der Waals surface area contributed by atoms with E-state index in [4.69, 9.17) is 0 Å². The van der Waals surface area contributed by atoms with Crippen LogP contribution in [0.15, 0.2) is 53.6 Å². The van der Waals surface area contributed by atoms with Crippen molar-refractivity contribution in [1.29, 1.82) is 0 Å². The molecule has 23 heavy (non-hydrogen) atoms. The number of nitrogens with zero attached hydrogens (tertiary/aromatic N) is 1. The SMILES string of the molecule is O=S(=O)(Nc1ccccc1C(F)(F)F)c1ccc2[nH]ncc2c1. The van der Waals surface area contributed by atoms with Crippen LogP contribution in [-0.4, -0.2) is 18.6 Å². The molecule has 0 spiro atoms. The molecule has 2 N–H and O–H groups in total. The summed E-state index contributed by atoms with van der Waals surface area (Å²) in [6.45, 7) is 0. The molecule has 0 aliphatic rings. The van der Waals surface area contributed by atoms with Crippen molar-refractivity contribution in [3.05, 3.63) is 54.2 Å². The van der Waals surface area contributed by atoms with Crippen molar-refractivity contribution >= 4 is 26.6 Å². The lowest BCUT2D eigenvalue weighted by Gasteiger charge is -2.14. The number of aromatic amines is 1. The summed E-state index contributed by atoms with van der Waals surface area (Å²) >= 11 is 0. The third-order valence-corrected chi connectivity index (χ3v) is 4.56. The van der Waals surface area contributed by atoms with Gasteiger partial charge in [0.25, 0.3) is 10.0 Å². The first-order valence-corrected chi connectivity index (χ1v) is 7.88. The van der Waals surface area contributed by atoms with Crippen molar-refractivity contribution in [3.8, 4) is 0 Å². The van der Waals surface area contributed by atoms with Crippen molar-refractivity contribution in [2.75, 3.05) is 4.72 Å². The van der Waals surface area contributed by atoms with Crippen LogP contribution in [0.2, 0.25) is 0 Å². The number of H-pyrrole nitrogens is 1. The number of rotatable bonds is 3. The van der Waals surface area contributed by atoms with Gasteiger partial charge in [-0.1, -0.05) is 12.1 Å². The Kier molecular flexibility index (Phi) is 3.52. The molecular formula is C14H10F3N3O2S. The molecule has 0 unspecified atom stereocenters. The minimum Gasteiger partial charge on any atom is -0.279 e. The van der Waals surface area contributed by atoms with E-state index in [1.54, 1.807) is 0 Å². The van der Waals surface area contributed by atoms with Gasteiger partial charge in [-0.3, -0.25) is 9.82 Å². The predicted molar refractivity (Wildman–Crippen MR) is 78.3 cm³/mol. The Balaban J connectivity index is 2.02. The van der Waals surface area contributed by atoms with Gasteiger partial charge >= 0.3 is 6.18 Å². The summed E-state index contributed by atoms with van der Waals surface area (Å²) in [5.41, 5.74) is -0.945. The number of anilines is 1. The first-order chi connectivity index (χ1) is 10.8. The van der Waals surface area contributed by atoms with Crippen molar-refractivity contribution in [3.63, 3.8) is 0 Å². The third kappa shape index (κ3) is 3.00. The Hall–Kier alpha value is -2.55. The summed E-state index contributed by atoms with van der Waals surface area (Å²) in [5.74, 6) is 0. The molecule has 0 saturated heterocycles. The standard InChI is InChI=1S/C14H10F3N3O2S/c15-14(16,17)11-3-1-2-4-13(11)20-23(21,22)10-5-6-12-9(7-10)8-18-19-12/h1-8,20H,(H,18,19). The minimum absolute atomic E-state index is 0.150. The smallest absolute Gasteiger partial charge is 0.279 e. The molecule has 3 rings (SSSR count). The number of aromatic nitrogens is 2. The van der Waals surface area contributed by atoms with E-state index in [-0.39, 0.29) is 4.90 Å². The fourth-order valence-electron chi connectivity index (χ4n) is 2.11. The van der Waals surface area contributed by atoms with Gasteiger partial charge in [-0.15, -0.1) is 0 Å². The Morgan fingerprint density at radius 2 is 1.83 bits per heavy atom. The molecule has 0 saturated carbocycles.